The van der Waals surface area contributed by atoms with Gasteiger partial charge < -0.3 is 9.42 Å². The average Bonchev–Trinajstić information content (AvgIpc) is 3.31. The highest BCUT2D eigenvalue weighted by Crippen LogP contribution is 2.28. The van der Waals surface area contributed by atoms with E-state index in [0.717, 1.165) is 29.4 Å². The van der Waals surface area contributed by atoms with E-state index >= 15 is 0 Å². The van der Waals surface area contributed by atoms with Crippen molar-refractivity contribution in [2.45, 2.75) is 30.0 Å². The fraction of sp³-hybridized carbons (Fsp3) is 0.500. The zero-order valence-corrected chi connectivity index (χ0v) is 18.0. The van der Waals surface area contributed by atoms with Crippen LogP contribution in [0.5, 0.6) is 0 Å². The highest BCUT2D eigenvalue weighted by molar-refractivity contribution is 7.98. The van der Waals surface area contributed by atoms with Crippen molar-refractivity contribution in [2.75, 3.05) is 37.7 Å². The van der Waals surface area contributed by atoms with Crippen LogP contribution in [-0.2, 0) is 15.6 Å². The van der Waals surface area contributed by atoms with Crippen LogP contribution >= 0.6 is 11.8 Å². The number of sulfone groups is 1. The van der Waals surface area contributed by atoms with Crippen molar-refractivity contribution in [1.29, 1.82) is 0 Å². The summed E-state index contributed by atoms with van der Waals surface area (Å²) in [7, 11) is -2.89. The molecule has 4 rings (SSSR count). The molecule has 9 heteroatoms. The summed E-state index contributed by atoms with van der Waals surface area (Å²) in [5, 5.41) is 4.01. The van der Waals surface area contributed by atoms with Gasteiger partial charge in [0.05, 0.1) is 22.8 Å². The zero-order chi connectivity index (χ0) is 20.4. The van der Waals surface area contributed by atoms with Crippen molar-refractivity contribution in [3.05, 3.63) is 47.3 Å². The van der Waals surface area contributed by atoms with Gasteiger partial charge in [0.1, 0.15) is 5.76 Å². The van der Waals surface area contributed by atoms with Gasteiger partial charge >= 0.3 is 0 Å². The van der Waals surface area contributed by atoms with Crippen LogP contribution in [0.3, 0.4) is 0 Å². The van der Waals surface area contributed by atoms with E-state index < -0.39 is 9.84 Å². The molecule has 2 aliphatic rings. The number of benzene rings is 1. The number of rotatable bonds is 5. The van der Waals surface area contributed by atoms with Crippen molar-refractivity contribution >= 4 is 27.5 Å². The Balaban J connectivity index is 1.37. The lowest BCUT2D eigenvalue weighted by molar-refractivity contribution is 0.0584. The van der Waals surface area contributed by atoms with Crippen molar-refractivity contribution in [1.82, 2.24) is 15.0 Å². The Bertz CT molecular complexity index is 981. The summed E-state index contributed by atoms with van der Waals surface area (Å²) >= 11 is 1.58. The van der Waals surface area contributed by atoms with Gasteiger partial charge in [-0.3, -0.25) is 9.69 Å². The molecule has 1 aromatic carbocycles. The van der Waals surface area contributed by atoms with Crippen LogP contribution in [0, 0.1) is 6.92 Å². The number of nitrogens with zero attached hydrogens (tertiary/aromatic N) is 3. The van der Waals surface area contributed by atoms with Crippen LogP contribution in [0.15, 0.2) is 39.8 Å². The van der Waals surface area contributed by atoms with E-state index in [4.69, 9.17) is 4.52 Å². The molecular weight excluding hydrogens is 410 g/mol. The van der Waals surface area contributed by atoms with Crippen molar-refractivity contribution in [3.63, 3.8) is 0 Å². The molecule has 0 bridgehead atoms. The quantitative estimate of drug-likeness (QED) is 0.666. The van der Waals surface area contributed by atoms with Gasteiger partial charge in [0, 0.05) is 48.9 Å². The largest absolute Gasteiger partial charge is 0.361 e. The van der Waals surface area contributed by atoms with Gasteiger partial charge in [-0.2, -0.15) is 0 Å². The third kappa shape index (κ3) is 4.84. The molecule has 0 radical (unpaired) electrons. The first-order valence-electron chi connectivity index (χ1n) is 9.79. The standard InChI is InChI=1S/C20H25N3O4S2/c1-15-12-16(21-27-15)13-28-19-5-3-2-4-18(19)20(24)23-9-7-22(8-10-23)17-6-11-29(25,26)14-17/h2-5,12,17H,6-11,13-14H2,1H3/t17-/m0/s1. The molecule has 1 aromatic heterocycles. The third-order valence-corrected chi connectivity index (χ3v) is 8.35. The van der Waals surface area contributed by atoms with E-state index in [0.29, 0.717) is 30.8 Å². The number of aryl methyl sites for hydroxylation is 1. The fourth-order valence-electron chi connectivity index (χ4n) is 3.93. The third-order valence-electron chi connectivity index (χ3n) is 5.50. The normalized spacial score (nSPS) is 22.1. The minimum Gasteiger partial charge on any atom is -0.361 e. The Morgan fingerprint density at radius 3 is 2.66 bits per heavy atom. The first-order chi connectivity index (χ1) is 13.9. The van der Waals surface area contributed by atoms with E-state index in [2.05, 4.69) is 10.1 Å². The molecule has 29 heavy (non-hydrogen) atoms. The van der Waals surface area contributed by atoms with Gasteiger partial charge in [-0.1, -0.05) is 17.3 Å². The first-order valence-corrected chi connectivity index (χ1v) is 12.6. The van der Waals surface area contributed by atoms with E-state index in [1.807, 2.05) is 42.2 Å². The summed E-state index contributed by atoms with van der Waals surface area (Å²) in [5.41, 5.74) is 1.56. The van der Waals surface area contributed by atoms with Crippen LogP contribution in [-0.4, -0.2) is 73.0 Å². The topological polar surface area (TPSA) is 83.7 Å². The number of piperazine rings is 1. The molecule has 2 saturated heterocycles. The number of aromatic nitrogens is 1. The number of carbonyl (C=O) groups is 1. The van der Waals surface area contributed by atoms with E-state index in [-0.39, 0.29) is 23.5 Å². The van der Waals surface area contributed by atoms with Gasteiger partial charge in [0.25, 0.3) is 5.91 Å². The van der Waals surface area contributed by atoms with Crippen molar-refractivity contribution < 1.29 is 17.7 Å². The van der Waals surface area contributed by atoms with Crippen LogP contribution in [0.1, 0.15) is 28.2 Å². The monoisotopic (exact) mass is 435 g/mol. The van der Waals surface area contributed by atoms with E-state index in [1.54, 1.807) is 11.8 Å². The number of hydrogen-bond donors (Lipinski definition) is 0. The molecule has 0 saturated carbocycles. The van der Waals surface area contributed by atoms with Crippen LogP contribution in [0.4, 0.5) is 0 Å². The van der Waals surface area contributed by atoms with E-state index in [1.165, 1.54) is 0 Å². The van der Waals surface area contributed by atoms with Crippen LogP contribution < -0.4 is 0 Å². The molecule has 1 atom stereocenters. The maximum atomic E-state index is 13.1. The average molecular weight is 436 g/mol. The lowest BCUT2D eigenvalue weighted by atomic mass is 10.1. The second kappa shape index (κ2) is 8.49. The Morgan fingerprint density at radius 1 is 1.24 bits per heavy atom. The van der Waals surface area contributed by atoms with Crippen LogP contribution in [0.2, 0.25) is 0 Å². The fourth-order valence-corrected chi connectivity index (χ4v) is 6.62. The van der Waals surface area contributed by atoms with Gasteiger partial charge in [-0.25, -0.2) is 8.42 Å². The highest BCUT2D eigenvalue weighted by atomic mass is 32.2. The minimum atomic E-state index is -2.89. The van der Waals surface area contributed by atoms with Gasteiger partial charge in [0.2, 0.25) is 0 Å². The minimum absolute atomic E-state index is 0.0307. The smallest absolute Gasteiger partial charge is 0.255 e. The van der Waals surface area contributed by atoms with E-state index in [9.17, 15) is 13.2 Å². The second-order valence-corrected chi connectivity index (χ2v) is 10.8. The lowest BCUT2D eigenvalue weighted by Gasteiger charge is -2.37. The molecule has 2 fully saturated rings. The first kappa shape index (κ1) is 20.4. The number of carbonyl (C=O) groups excluding carboxylic acids is 1. The summed E-state index contributed by atoms with van der Waals surface area (Å²) in [5.74, 6) is 1.99. The van der Waals surface area contributed by atoms with Crippen LogP contribution in [0.25, 0.3) is 0 Å². The molecule has 0 spiro atoms. The maximum absolute atomic E-state index is 13.1. The Kier molecular flexibility index (Phi) is 5.98. The highest BCUT2D eigenvalue weighted by Gasteiger charge is 2.34. The molecule has 2 aromatic rings. The SMILES string of the molecule is Cc1cc(CSc2ccccc2C(=O)N2CCN([C@H]3CCS(=O)(=O)C3)CC2)no1. The van der Waals surface area contributed by atoms with Gasteiger partial charge in [-0.05, 0) is 25.5 Å². The Morgan fingerprint density at radius 2 is 2.00 bits per heavy atom. The summed E-state index contributed by atoms with van der Waals surface area (Å²) in [6.45, 7) is 4.55. The molecule has 2 aliphatic heterocycles. The summed E-state index contributed by atoms with van der Waals surface area (Å²) in [4.78, 5) is 18.2. The van der Waals surface area contributed by atoms with Gasteiger partial charge in [0.15, 0.2) is 9.84 Å². The zero-order valence-electron chi connectivity index (χ0n) is 16.4. The summed E-state index contributed by atoms with van der Waals surface area (Å²) in [6, 6.07) is 9.66. The molecule has 0 N–H and O–H groups in total. The molecule has 3 heterocycles. The Labute approximate surface area is 175 Å². The van der Waals surface area contributed by atoms with Crippen molar-refractivity contribution in [2.24, 2.45) is 0 Å². The summed E-state index contributed by atoms with van der Waals surface area (Å²) < 4.78 is 28.6. The number of amides is 1. The molecule has 0 unspecified atom stereocenters. The summed E-state index contributed by atoms with van der Waals surface area (Å²) in [6.07, 6.45) is 0.706. The maximum Gasteiger partial charge on any atom is 0.255 e. The predicted molar refractivity (Wildman–Crippen MR) is 112 cm³/mol. The lowest BCUT2D eigenvalue weighted by Crippen LogP contribution is -2.52. The predicted octanol–water partition coefficient (Wildman–Crippen LogP) is 2.22. The Hall–Kier alpha value is -1.84. The number of hydrogen-bond acceptors (Lipinski definition) is 7. The molecule has 156 valence electrons. The van der Waals surface area contributed by atoms with Crippen molar-refractivity contribution in [3.8, 4) is 0 Å². The number of thioether (sulfide) groups is 1. The second-order valence-electron chi connectivity index (χ2n) is 7.60. The molecule has 0 aliphatic carbocycles. The molecule has 1 amide bonds. The molecule has 7 nitrogen and oxygen atoms in total. The molecular formula is C20H25N3O4S2. The van der Waals surface area contributed by atoms with Gasteiger partial charge in [-0.15, -0.1) is 11.8 Å².